The van der Waals surface area contributed by atoms with Gasteiger partial charge in [-0.15, -0.1) is 0 Å². The van der Waals surface area contributed by atoms with Gasteiger partial charge in [-0.1, -0.05) is 65.7 Å². The van der Waals surface area contributed by atoms with Crippen molar-refractivity contribution in [2.24, 2.45) is 0 Å². The number of imidazole rings is 1. The summed E-state index contributed by atoms with van der Waals surface area (Å²) in [6.45, 7) is 0.895. The quantitative estimate of drug-likeness (QED) is 0.338. The number of benzene rings is 3. The SMILES string of the molecule is O=C(NCc1ccccc1)c1c2n(c(=O)n1-c1ccccc1Cl)CCN(C(=O)c1ccc(Br)c(Cl)c1)C2. The van der Waals surface area contributed by atoms with Gasteiger partial charge in [0.25, 0.3) is 11.8 Å². The lowest BCUT2D eigenvalue weighted by atomic mass is 10.1. The molecule has 0 saturated heterocycles. The van der Waals surface area contributed by atoms with E-state index >= 15 is 0 Å². The highest BCUT2D eigenvalue weighted by atomic mass is 79.9. The minimum Gasteiger partial charge on any atom is -0.347 e. The van der Waals surface area contributed by atoms with E-state index in [9.17, 15) is 14.4 Å². The maximum Gasteiger partial charge on any atom is 0.333 e. The predicted octanol–water partition coefficient (Wildman–Crippen LogP) is 5.29. The molecule has 5 rings (SSSR count). The Balaban J connectivity index is 1.55. The Hall–Kier alpha value is -3.33. The smallest absolute Gasteiger partial charge is 0.333 e. The predicted molar refractivity (Wildman–Crippen MR) is 147 cm³/mol. The molecule has 1 aliphatic rings. The topological polar surface area (TPSA) is 76.3 Å². The Kier molecular flexibility index (Phi) is 7.24. The van der Waals surface area contributed by atoms with E-state index in [0.717, 1.165) is 5.56 Å². The van der Waals surface area contributed by atoms with Crippen molar-refractivity contribution in [2.75, 3.05) is 6.54 Å². The molecule has 0 aliphatic carbocycles. The molecule has 0 radical (unpaired) electrons. The second-order valence-corrected chi connectivity index (χ2v) is 10.2. The number of fused-ring (bicyclic) bond motifs is 1. The van der Waals surface area contributed by atoms with Crippen molar-refractivity contribution in [2.45, 2.75) is 19.6 Å². The van der Waals surface area contributed by atoms with Crippen LogP contribution in [0, 0.1) is 0 Å². The number of nitrogens with one attached hydrogen (secondary N) is 1. The molecule has 0 saturated carbocycles. The van der Waals surface area contributed by atoms with Crippen LogP contribution in [0.15, 0.2) is 82.1 Å². The molecule has 0 spiro atoms. The first kappa shape index (κ1) is 25.3. The minimum atomic E-state index is -0.435. The second kappa shape index (κ2) is 10.6. The van der Waals surface area contributed by atoms with Crippen LogP contribution in [-0.4, -0.2) is 32.4 Å². The fraction of sp³-hybridized carbons (Fsp3) is 0.148. The number of para-hydroxylation sites is 1. The van der Waals surface area contributed by atoms with Gasteiger partial charge >= 0.3 is 5.69 Å². The summed E-state index contributed by atoms with van der Waals surface area (Å²) in [4.78, 5) is 42.1. The molecule has 1 aliphatic heterocycles. The maximum atomic E-state index is 13.6. The zero-order valence-corrected chi connectivity index (χ0v) is 22.6. The first-order chi connectivity index (χ1) is 17.8. The summed E-state index contributed by atoms with van der Waals surface area (Å²) >= 11 is 16.0. The Morgan fingerprint density at radius 3 is 2.38 bits per heavy atom. The highest BCUT2D eigenvalue weighted by Crippen LogP contribution is 2.27. The van der Waals surface area contributed by atoms with Gasteiger partial charge in [-0.25, -0.2) is 4.79 Å². The highest BCUT2D eigenvalue weighted by molar-refractivity contribution is 9.10. The van der Waals surface area contributed by atoms with E-state index in [2.05, 4.69) is 21.2 Å². The fourth-order valence-corrected chi connectivity index (χ4v) is 5.04. The average Bonchev–Trinajstić information content (AvgIpc) is 3.20. The van der Waals surface area contributed by atoms with Crippen LogP contribution in [0.25, 0.3) is 5.69 Å². The van der Waals surface area contributed by atoms with Gasteiger partial charge in [0.15, 0.2) is 0 Å². The van der Waals surface area contributed by atoms with Crippen LogP contribution in [0.5, 0.6) is 0 Å². The molecule has 1 aromatic heterocycles. The van der Waals surface area contributed by atoms with Gasteiger partial charge in [-0.2, -0.15) is 0 Å². The first-order valence-corrected chi connectivity index (χ1v) is 13.1. The van der Waals surface area contributed by atoms with Crippen LogP contribution in [0.3, 0.4) is 0 Å². The normalized spacial score (nSPS) is 12.8. The maximum absolute atomic E-state index is 13.6. The lowest BCUT2D eigenvalue weighted by molar-refractivity contribution is 0.0706. The zero-order chi connectivity index (χ0) is 26.1. The number of rotatable bonds is 5. The van der Waals surface area contributed by atoms with Crippen LogP contribution in [-0.2, 0) is 19.6 Å². The summed E-state index contributed by atoms with van der Waals surface area (Å²) in [6, 6.07) is 21.3. The Morgan fingerprint density at radius 1 is 0.919 bits per heavy atom. The van der Waals surface area contributed by atoms with Crippen LogP contribution < -0.4 is 11.0 Å². The van der Waals surface area contributed by atoms with Gasteiger partial charge in [0.1, 0.15) is 5.69 Å². The number of carbonyl (C=O) groups excluding carboxylic acids is 2. The van der Waals surface area contributed by atoms with Crippen molar-refractivity contribution in [1.29, 1.82) is 0 Å². The summed E-state index contributed by atoms with van der Waals surface area (Å²) in [6.07, 6.45) is 0. The number of carbonyl (C=O) groups is 2. The van der Waals surface area contributed by atoms with E-state index in [1.807, 2.05) is 30.3 Å². The highest BCUT2D eigenvalue weighted by Gasteiger charge is 2.32. The lowest BCUT2D eigenvalue weighted by Crippen LogP contribution is -2.41. The van der Waals surface area contributed by atoms with Crippen LogP contribution in [0.1, 0.15) is 32.1 Å². The molecule has 3 aromatic carbocycles. The molecule has 0 fully saturated rings. The fourth-order valence-electron chi connectivity index (χ4n) is 4.40. The molecule has 2 heterocycles. The summed E-state index contributed by atoms with van der Waals surface area (Å²) in [5.74, 6) is -0.676. The van der Waals surface area contributed by atoms with E-state index in [4.69, 9.17) is 23.2 Å². The van der Waals surface area contributed by atoms with Crippen molar-refractivity contribution in [3.05, 3.63) is 120 Å². The molecule has 0 bridgehead atoms. The van der Waals surface area contributed by atoms with Crippen LogP contribution in [0.4, 0.5) is 0 Å². The molecule has 2 amide bonds. The monoisotopic (exact) mass is 598 g/mol. The number of halogens is 3. The lowest BCUT2D eigenvalue weighted by Gasteiger charge is -2.28. The van der Waals surface area contributed by atoms with Crippen molar-refractivity contribution in [1.82, 2.24) is 19.4 Å². The third kappa shape index (κ3) is 4.97. The molecular formula is C27H21BrCl2N4O3. The van der Waals surface area contributed by atoms with Gasteiger partial charge in [0, 0.05) is 29.7 Å². The number of hydrogen-bond acceptors (Lipinski definition) is 3. The molecule has 7 nitrogen and oxygen atoms in total. The van der Waals surface area contributed by atoms with Gasteiger partial charge < -0.3 is 10.2 Å². The van der Waals surface area contributed by atoms with Crippen molar-refractivity contribution in [3.8, 4) is 5.69 Å². The number of aromatic nitrogens is 2. The molecule has 37 heavy (non-hydrogen) atoms. The number of amides is 2. The summed E-state index contributed by atoms with van der Waals surface area (Å²) < 4.78 is 3.56. The third-order valence-corrected chi connectivity index (χ3v) is 7.79. The van der Waals surface area contributed by atoms with Gasteiger partial charge in [0.05, 0.1) is 28.0 Å². The summed E-state index contributed by atoms with van der Waals surface area (Å²) in [5, 5.41) is 3.67. The number of nitrogens with zero attached hydrogens (tertiary/aromatic N) is 3. The Labute approximate surface area is 231 Å². The van der Waals surface area contributed by atoms with E-state index in [0.29, 0.717) is 38.0 Å². The minimum absolute atomic E-state index is 0.0767. The van der Waals surface area contributed by atoms with Crippen molar-refractivity contribution < 1.29 is 9.59 Å². The van der Waals surface area contributed by atoms with E-state index in [1.54, 1.807) is 51.9 Å². The molecule has 0 unspecified atom stereocenters. The Bertz CT molecular complexity index is 1570. The van der Waals surface area contributed by atoms with E-state index < -0.39 is 5.91 Å². The third-order valence-electron chi connectivity index (χ3n) is 6.24. The van der Waals surface area contributed by atoms with E-state index in [-0.39, 0.29) is 36.9 Å². The summed E-state index contributed by atoms with van der Waals surface area (Å²) in [7, 11) is 0. The molecule has 188 valence electrons. The molecule has 10 heteroatoms. The second-order valence-electron chi connectivity index (χ2n) is 8.54. The molecule has 4 aromatic rings. The standard InChI is InChI=1S/C27H21BrCl2N4O3/c28-19-11-10-18(14-21(19)30)26(36)32-12-13-33-23(16-32)24(25(35)31-15-17-6-2-1-3-7-17)34(27(33)37)22-9-5-4-8-20(22)29/h1-11,14H,12-13,15-16H2,(H,31,35). The Morgan fingerprint density at radius 2 is 1.65 bits per heavy atom. The molecular weight excluding hydrogens is 579 g/mol. The van der Waals surface area contributed by atoms with E-state index in [1.165, 1.54) is 4.57 Å². The van der Waals surface area contributed by atoms with Crippen molar-refractivity contribution in [3.63, 3.8) is 0 Å². The first-order valence-electron chi connectivity index (χ1n) is 11.5. The van der Waals surface area contributed by atoms with Crippen LogP contribution >= 0.6 is 39.1 Å². The largest absolute Gasteiger partial charge is 0.347 e. The zero-order valence-electron chi connectivity index (χ0n) is 19.5. The summed E-state index contributed by atoms with van der Waals surface area (Å²) in [5.41, 5.74) is 1.95. The molecule has 1 N–H and O–H groups in total. The molecule has 0 atom stereocenters. The van der Waals surface area contributed by atoms with Gasteiger partial charge in [-0.3, -0.25) is 18.7 Å². The van der Waals surface area contributed by atoms with Crippen molar-refractivity contribution >= 4 is 50.9 Å². The number of hydrogen-bond donors (Lipinski definition) is 1. The average molecular weight is 600 g/mol. The van der Waals surface area contributed by atoms with Gasteiger partial charge in [-0.05, 0) is 51.8 Å². The van der Waals surface area contributed by atoms with Crippen LogP contribution in [0.2, 0.25) is 10.0 Å². The van der Waals surface area contributed by atoms with Gasteiger partial charge in [0.2, 0.25) is 0 Å².